The molecule has 1 N–H and O–H groups in total. The maximum absolute atomic E-state index is 11.6. The molecule has 0 aliphatic heterocycles. The molecule has 0 spiro atoms. The van der Waals surface area contributed by atoms with Crippen LogP contribution < -0.4 is 5.32 Å². The summed E-state index contributed by atoms with van der Waals surface area (Å²) in [5.41, 5.74) is 0.669. The van der Waals surface area contributed by atoms with Crippen LogP contribution in [0.2, 0.25) is 0 Å². The summed E-state index contributed by atoms with van der Waals surface area (Å²) < 4.78 is 7.38. The molecule has 0 aliphatic carbocycles. The number of nitrogens with zero attached hydrogens (tertiary/aromatic N) is 3. The molecule has 23 heavy (non-hydrogen) atoms. The number of carbonyl (C=O) groups is 1. The van der Waals surface area contributed by atoms with Crippen LogP contribution in [0.5, 0.6) is 0 Å². The first-order valence-electron chi connectivity index (χ1n) is 8.35. The summed E-state index contributed by atoms with van der Waals surface area (Å²) >= 11 is 0. The molecule has 6 heteroatoms. The quantitative estimate of drug-likeness (QED) is 0.799. The van der Waals surface area contributed by atoms with Crippen LogP contribution in [0.15, 0.2) is 12.5 Å². The second kappa shape index (κ2) is 8.91. The predicted molar refractivity (Wildman–Crippen MR) is 92.6 cm³/mol. The van der Waals surface area contributed by atoms with Crippen LogP contribution in [0.4, 0.5) is 4.79 Å². The monoisotopic (exact) mass is 324 g/mol. The summed E-state index contributed by atoms with van der Waals surface area (Å²) in [6.45, 7) is 12.5. The zero-order chi connectivity index (χ0) is 17.5. The fourth-order valence-corrected chi connectivity index (χ4v) is 2.11. The number of rotatable bonds is 8. The first-order valence-corrected chi connectivity index (χ1v) is 8.35. The molecule has 0 saturated heterocycles. The second-order valence-corrected chi connectivity index (χ2v) is 7.18. The van der Waals surface area contributed by atoms with Crippen molar-refractivity contribution in [1.29, 1.82) is 0 Å². The van der Waals surface area contributed by atoms with Crippen molar-refractivity contribution in [2.24, 2.45) is 0 Å². The number of imidazole rings is 1. The van der Waals surface area contributed by atoms with Crippen molar-refractivity contribution in [1.82, 2.24) is 19.8 Å². The van der Waals surface area contributed by atoms with Gasteiger partial charge in [0.05, 0.1) is 6.33 Å². The molecule has 1 amide bonds. The number of hydrogen-bond donors (Lipinski definition) is 1. The Balaban J connectivity index is 2.33. The second-order valence-electron chi connectivity index (χ2n) is 7.18. The smallest absolute Gasteiger partial charge is 0.407 e. The van der Waals surface area contributed by atoms with Gasteiger partial charge in [-0.15, -0.1) is 0 Å². The summed E-state index contributed by atoms with van der Waals surface area (Å²) in [5, 5.41) is 2.78. The lowest BCUT2D eigenvalue weighted by Gasteiger charge is -2.21. The molecule has 0 aromatic carbocycles. The van der Waals surface area contributed by atoms with E-state index in [0.717, 1.165) is 31.6 Å². The third-order valence-corrected chi connectivity index (χ3v) is 3.64. The zero-order valence-electron chi connectivity index (χ0n) is 15.4. The Hall–Kier alpha value is -1.56. The van der Waals surface area contributed by atoms with E-state index in [1.54, 1.807) is 0 Å². The van der Waals surface area contributed by atoms with Crippen molar-refractivity contribution in [3.8, 4) is 0 Å². The van der Waals surface area contributed by atoms with E-state index in [1.165, 1.54) is 0 Å². The molecule has 1 aromatic heterocycles. The van der Waals surface area contributed by atoms with Crippen molar-refractivity contribution in [2.45, 2.75) is 65.6 Å². The number of nitrogens with one attached hydrogen (secondary N) is 1. The molecule has 0 aliphatic rings. The van der Waals surface area contributed by atoms with E-state index in [9.17, 15) is 4.79 Å². The number of amides is 1. The lowest BCUT2D eigenvalue weighted by Crippen LogP contribution is -2.33. The Labute approximate surface area is 140 Å². The number of aromatic nitrogens is 2. The summed E-state index contributed by atoms with van der Waals surface area (Å²) in [5.74, 6) is 0. The van der Waals surface area contributed by atoms with E-state index in [4.69, 9.17) is 4.74 Å². The van der Waals surface area contributed by atoms with Gasteiger partial charge in [0.15, 0.2) is 0 Å². The van der Waals surface area contributed by atoms with Crippen molar-refractivity contribution < 1.29 is 9.53 Å². The number of hydrogen-bond acceptors (Lipinski definition) is 4. The third-order valence-electron chi connectivity index (χ3n) is 3.64. The maximum atomic E-state index is 11.6. The molecule has 0 bridgehead atoms. The van der Waals surface area contributed by atoms with Gasteiger partial charge in [0.1, 0.15) is 5.60 Å². The number of ether oxygens (including phenoxy) is 1. The van der Waals surface area contributed by atoms with E-state index < -0.39 is 5.60 Å². The molecule has 132 valence electrons. The van der Waals surface area contributed by atoms with Crippen molar-refractivity contribution in [2.75, 3.05) is 20.1 Å². The van der Waals surface area contributed by atoms with Crippen LogP contribution in [0.25, 0.3) is 0 Å². The van der Waals surface area contributed by atoms with Gasteiger partial charge in [-0.25, -0.2) is 9.78 Å². The molecule has 0 saturated carbocycles. The predicted octanol–water partition coefficient (Wildman–Crippen LogP) is 2.68. The van der Waals surface area contributed by atoms with Crippen LogP contribution in [-0.4, -0.2) is 52.3 Å². The van der Waals surface area contributed by atoms with Crippen LogP contribution in [0, 0.1) is 0 Å². The van der Waals surface area contributed by atoms with E-state index in [2.05, 4.69) is 40.7 Å². The van der Waals surface area contributed by atoms with Gasteiger partial charge in [0.25, 0.3) is 0 Å². The van der Waals surface area contributed by atoms with Gasteiger partial charge < -0.3 is 19.5 Å². The minimum absolute atomic E-state index is 0.373. The molecule has 0 unspecified atom stereocenters. The van der Waals surface area contributed by atoms with Crippen LogP contribution >= 0.6 is 0 Å². The molecule has 1 heterocycles. The van der Waals surface area contributed by atoms with Gasteiger partial charge in [-0.1, -0.05) is 0 Å². The topological polar surface area (TPSA) is 59.4 Å². The van der Waals surface area contributed by atoms with Crippen molar-refractivity contribution >= 4 is 6.09 Å². The standard InChI is InChI=1S/C17H32N4O2/c1-14(2)20(6)10-7-11-21-13-18-12-15(21)8-9-19-16(22)23-17(3,4)5/h12-14H,7-11H2,1-6H3,(H,19,22). The Morgan fingerprint density at radius 3 is 2.74 bits per heavy atom. The van der Waals surface area contributed by atoms with Gasteiger partial charge in [-0.2, -0.15) is 0 Å². The highest BCUT2D eigenvalue weighted by molar-refractivity contribution is 5.67. The van der Waals surface area contributed by atoms with E-state index in [-0.39, 0.29) is 6.09 Å². The van der Waals surface area contributed by atoms with Crippen LogP contribution in [0.1, 0.15) is 46.7 Å². The lowest BCUT2D eigenvalue weighted by atomic mass is 10.2. The average molecular weight is 324 g/mol. The van der Waals surface area contributed by atoms with Gasteiger partial charge in [0.2, 0.25) is 0 Å². The van der Waals surface area contributed by atoms with Crippen LogP contribution in [0.3, 0.4) is 0 Å². The highest BCUT2D eigenvalue weighted by Gasteiger charge is 2.15. The zero-order valence-corrected chi connectivity index (χ0v) is 15.4. The Bertz CT molecular complexity index is 477. The minimum Gasteiger partial charge on any atom is -0.444 e. The first-order chi connectivity index (χ1) is 10.7. The summed E-state index contributed by atoms with van der Waals surface area (Å²) in [4.78, 5) is 18.2. The summed E-state index contributed by atoms with van der Waals surface area (Å²) in [6, 6.07) is 0.565. The molecule has 0 atom stereocenters. The highest BCUT2D eigenvalue weighted by Crippen LogP contribution is 2.07. The third kappa shape index (κ3) is 8.02. The SMILES string of the molecule is CC(C)N(C)CCCn1cncc1CCNC(=O)OC(C)(C)C. The Kier molecular flexibility index (Phi) is 7.55. The first kappa shape index (κ1) is 19.5. The Morgan fingerprint density at radius 1 is 1.43 bits per heavy atom. The van der Waals surface area contributed by atoms with Crippen molar-refractivity contribution in [3.05, 3.63) is 18.2 Å². The normalized spacial score (nSPS) is 12.0. The number of carbonyl (C=O) groups excluding carboxylic acids is 1. The molecule has 6 nitrogen and oxygen atoms in total. The highest BCUT2D eigenvalue weighted by atomic mass is 16.6. The van der Waals surface area contributed by atoms with E-state index >= 15 is 0 Å². The Morgan fingerprint density at radius 2 is 2.13 bits per heavy atom. The van der Waals surface area contributed by atoms with E-state index in [0.29, 0.717) is 12.6 Å². The molecular formula is C17H32N4O2. The number of aryl methyl sites for hydroxylation is 1. The van der Waals surface area contributed by atoms with Crippen molar-refractivity contribution in [3.63, 3.8) is 0 Å². The fraction of sp³-hybridized carbons (Fsp3) is 0.765. The largest absolute Gasteiger partial charge is 0.444 e. The lowest BCUT2D eigenvalue weighted by molar-refractivity contribution is 0.0528. The molecule has 0 fully saturated rings. The van der Waals surface area contributed by atoms with Gasteiger partial charge in [-0.05, 0) is 54.6 Å². The molecule has 1 rings (SSSR count). The molecule has 0 radical (unpaired) electrons. The van der Waals surface area contributed by atoms with Gasteiger partial charge in [0, 0.05) is 37.4 Å². The summed E-state index contributed by atoms with van der Waals surface area (Å²) in [7, 11) is 2.14. The molecule has 1 aromatic rings. The summed E-state index contributed by atoms with van der Waals surface area (Å²) in [6.07, 6.45) is 5.18. The average Bonchev–Trinajstić information content (AvgIpc) is 2.84. The van der Waals surface area contributed by atoms with Gasteiger partial charge >= 0.3 is 6.09 Å². The molecular weight excluding hydrogens is 292 g/mol. The van der Waals surface area contributed by atoms with E-state index in [1.807, 2.05) is 33.3 Å². The fourth-order valence-electron chi connectivity index (χ4n) is 2.11. The minimum atomic E-state index is -0.464. The number of alkyl carbamates (subject to hydrolysis) is 1. The van der Waals surface area contributed by atoms with Gasteiger partial charge in [-0.3, -0.25) is 0 Å². The maximum Gasteiger partial charge on any atom is 0.407 e. The van der Waals surface area contributed by atoms with Crippen LogP contribution in [-0.2, 0) is 17.7 Å².